The number of benzene rings is 1. The van der Waals surface area contributed by atoms with Gasteiger partial charge in [-0.25, -0.2) is 4.79 Å². The number of ether oxygens (including phenoxy) is 1. The van der Waals surface area contributed by atoms with Crippen LogP contribution in [0.5, 0.6) is 0 Å². The van der Waals surface area contributed by atoms with Crippen molar-refractivity contribution in [3.63, 3.8) is 0 Å². The van der Waals surface area contributed by atoms with E-state index in [1.54, 1.807) is 6.07 Å². The Bertz CT molecular complexity index is 633. The van der Waals surface area contributed by atoms with E-state index in [0.717, 1.165) is 5.56 Å². The Morgan fingerprint density at radius 1 is 1.33 bits per heavy atom. The zero-order valence-corrected chi connectivity index (χ0v) is 13.7. The number of hydrogen-bond acceptors (Lipinski definition) is 4. The van der Waals surface area contributed by atoms with Crippen LogP contribution in [0.25, 0.3) is 0 Å². The normalized spacial score (nSPS) is 12.2. The largest absolute Gasteiger partial charge is 0.465 e. The van der Waals surface area contributed by atoms with Crippen molar-refractivity contribution in [3.05, 3.63) is 56.8 Å². The third kappa shape index (κ3) is 3.71. The van der Waals surface area contributed by atoms with E-state index in [4.69, 9.17) is 4.74 Å². The summed E-state index contributed by atoms with van der Waals surface area (Å²) in [5.41, 5.74) is 2.91. The molecule has 2 rings (SSSR count). The van der Waals surface area contributed by atoms with Crippen molar-refractivity contribution in [2.45, 2.75) is 33.4 Å². The highest BCUT2D eigenvalue weighted by Crippen LogP contribution is 2.26. The van der Waals surface area contributed by atoms with Gasteiger partial charge in [-0.3, -0.25) is 0 Å². The summed E-state index contributed by atoms with van der Waals surface area (Å²) in [5.74, 6) is -0.289. The second kappa shape index (κ2) is 6.87. The average molecular weight is 303 g/mol. The quantitative estimate of drug-likeness (QED) is 0.848. The first-order chi connectivity index (χ1) is 10.0. The predicted octanol–water partition coefficient (Wildman–Crippen LogP) is 4.00. The zero-order valence-electron chi connectivity index (χ0n) is 12.9. The molecular formula is C17H21NO2S. The number of methoxy groups -OCH3 is 1. The minimum Gasteiger partial charge on any atom is -0.465 e. The molecule has 0 aliphatic heterocycles. The Balaban J connectivity index is 2.10. The van der Waals surface area contributed by atoms with Crippen LogP contribution in [0.4, 0.5) is 0 Å². The SMILES string of the molecule is COC(=O)c1ccccc1CNC(C)c1cc(C)sc1C. The molecule has 0 radical (unpaired) electrons. The molecule has 0 fully saturated rings. The van der Waals surface area contributed by atoms with Gasteiger partial charge in [0, 0.05) is 22.3 Å². The first kappa shape index (κ1) is 15.7. The molecule has 0 saturated heterocycles. The fourth-order valence-corrected chi connectivity index (χ4v) is 3.46. The minimum absolute atomic E-state index is 0.251. The number of nitrogens with one attached hydrogen (secondary N) is 1. The van der Waals surface area contributed by atoms with Crippen LogP contribution in [0.2, 0.25) is 0 Å². The van der Waals surface area contributed by atoms with Gasteiger partial charge in [0.2, 0.25) is 0 Å². The summed E-state index contributed by atoms with van der Waals surface area (Å²) in [7, 11) is 1.41. The maximum absolute atomic E-state index is 11.8. The molecular weight excluding hydrogens is 282 g/mol. The number of thiophene rings is 1. The molecule has 1 heterocycles. The van der Waals surface area contributed by atoms with Crippen LogP contribution < -0.4 is 5.32 Å². The molecule has 2 aromatic rings. The molecule has 1 aromatic heterocycles. The third-order valence-corrected chi connectivity index (χ3v) is 4.55. The van der Waals surface area contributed by atoms with Crippen molar-refractivity contribution < 1.29 is 9.53 Å². The van der Waals surface area contributed by atoms with Gasteiger partial charge in [-0.2, -0.15) is 0 Å². The number of carbonyl (C=O) groups excluding carboxylic acids is 1. The maximum atomic E-state index is 11.8. The van der Waals surface area contributed by atoms with Crippen molar-refractivity contribution in [2.75, 3.05) is 7.11 Å². The van der Waals surface area contributed by atoms with E-state index in [0.29, 0.717) is 12.1 Å². The smallest absolute Gasteiger partial charge is 0.338 e. The summed E-state index contributed by atoms with van der Waals surface area (Å²) >= 11 is 1.82. The van der Waals surface area contributed by atoms with E-state index in [-0.39, 0.29) is 12.0 Å². The molecule has 0 aliphatic carbocycles. The van der Waals surface area contributed by atoms with Crippen LogP contribution >= 0.6 is 11.3 Å². The van der Waals surface area contributed by atoms with Gasteiger partial charge in [-0.1, -0.05) is 18.2 Å². The Kier molecular flexibility index (Phi) is 5.15. The van der Waals surface area contributed by atoms with Gasteiger partial charge >= 0.3 is 5.97 Å². The van der Waals surface area contributed by atoms with E-state index in [1.807, 2.05) is 29.5 Å². The summed E-state index contributed by atoms with van der Waals surface area (Å²) in [6, 6.07) is 10.0. The topological polar surface area (TPSA) is 38.3 Å². The van der Waals surface area contributed by atoms with Gasteiger partial charge in [0.05, 0.1) is 12.7 Å². The van der Waals surface area contributed by atoms with Gasteiger partial charge in [-0.05, 0) is 44.0 Å². The lowest BCUT2D eigenvalue weighted by Crippen LogP contribution is -2.20. The molecule has 1 aromatic carbocycles. The fourth-order valence-electron chi connectivity index (χ4n) is 2.44. The van der Waals surface area contributed by atoms with Crippen LogP contribution in [0.3, 0.4) is 0 Å². The van der Waals surface area contributed by atoms with Crippen LogP contribution in [0, 0.1) is 13.8 Å². The summed E-state index contributed by atoms with van der Waals surface area (Å²) in [5, 5.41) is 3.49. The molecule has 0 bridgehead atoms. The van der Waals surface area contributed by atoms with Crippen molar-refractivity contribution in [1.29, 1.82) is 0 Å². The highest BCUT2D eigenvalue weighted by molar-refractivity contribution is 7.12. The van der Waals surface area contributed by atoms with Crippen molar-refractivity contribution in [2.24, 2.45) is 0 Å². The highest BCUT2D eigenvalue weighted by Gasteiger charge is 2.14. The monoisotopic (exact) mass is 303 g/mol. The Morgan fingerprint density at radius 3 is 2.67 bits per heavy atom. The van der Waals surface area contributed by atoms with Gasteiger partial charge in [0.15, 0.2) is 0 Å². The average Bonchev–Trinajstić information content (AvgIpc) is 2.83. The zero-order chi connectivity index (χ0) is 15.4. The number of aryl methyl sites for hydroxylation is 2. The van der Waals surface area contributed by atoms with Gasteiger partial charge < -0.3 is 10.1 Å². The van der Waals surface area contributed by atoms with Crippen molar-refractivity contribution in [1.82, 2.24) is 5.32 Å². The van der Waals surface area contributed by atoms with Crippen molar-refractivity contribution >= 4 is 17.3 Å². The van der Waals surface area contributed by atoms with Gasteiger partial charge in [-0.15, -0.1) is 11.3 Å². The predicted molar refractivity (Wildman–Crippen MR) is 86.8 cm³/mol. The van der Waals surface area contributed by atoms with E-state index in [1.165, 1.54) is 22.4 Å². The van der Waals surface area contributed by atoms with E-state index in [9.17, 15) is 4.79 Å². The van der Waals surface area contributed by atoms with Crippen LogP contribution in [0.1, 0.15) is 44.2 Å². The maximum Gasteiger partial charge on any atom is 0.338 e. The lowest BCUT2D eigenvalue weighted by Gasteiger charge is -2.15. The van der Waals surface area contributed by atoms with Crippen LogP contribution in [-0.2, 0) is 11.3 Å². The summed E-state index contributed by atoms with van der Waals surface area (Å²) in [6.07, 6.45) is 0. The second-order valence-corrected chi connectivity index (χ2v) is 6.58. The number of hydrogen-bond donors (Lipinski definition) is 1. The molecule has 112 valence electrons. The van der Waals surface area contributed by atoms with E-state index < -0.39 is 0 Å². The van der Waals surface area contributed by atoms with E-state index in [2.05, 4.69) is 32.2 Å². The Morgan fingerprint density at radius 2 is 2.05 bits per heavy atom. The molecule has 4 heteroatoms. The molecule has 0 saturated carbocycles. The number of esters is 1. The highest BCUT2D eigenvalue weighted by atomic mass is 32.1. The standard InChI is InChI=1S/C17H21NO2S/c1-11-9-16(13(3)21-11)12(2)18-10-14-7-5-6-8-15(14)17(19)20-4/h5-9,12,18H,10H2,1-4H3. The lowest BCUT2D eigenvalue weighted by molar-refractivity contribution is 0.0599. The van der Waals surface area contributed by atoms with E-state index >= 15 is 0 Å². The Labute approximate surface area is 130 Å². The van der Waals surface area contributed by atoms with Gasteiger partial charge in [0.25, 0.3) is 0 Å². The Hall–Kier alpha value is -1.65. The first-order valence-electron chi connectivity index (χ1n) is 6.99. The summed E-state index contributed by atoms with van der Waals surface area (Å²) < 4.78 is 4.83. The summed E-state index contributed by atoms with van der Waals surface area (Å²) in [6.45, 7) is 7.06. The molecule has 0 amide bonds. The lowest BCUT2D eigenvalue weighted by atomic mass is 10.1. The van der Waals surface area contributed by atoms with Gasteiger partial charge in [0.1, 0.15) is 0 Å². The summed E-state index contributed by atoms with van der Waals surface area (Å²) in [4.78, 5) is 14.4. The third-order valence-electron chi connectivity index (χ3n) is 3.57. The van der Waals surface area contributed by atoms with Crippen LogP contribution in [0.15, 0.2) is 30.3 Å². The molecule has 1 atom stereocenters. The number of rotatable bonds is 5. The van der Waals surface area contributed by atoms with Crippen LogP contribution in [-0.4, -0.2) is 13.1 Å². The first-order valence-corrected chi connectivity index (χ1v) is 7.81. The fraction of sp³-hybridized carbons (Fsp3) is 0.353. The molecule has 1 unspecified atom stereocenters. The number of carbonyl (C=O) groups is 1. The molecule has 0 spiro atoms. The molecule has 21 heavy (non-hydrogen) atoms. The second-order valence-electron chi connectivity index (χ2n) is 5.12. The molecule has 0 aliphatic rings. The molecule has 1 N–H and O–H groups in total. The molecule has 3 nitrogen and oxygen atoms in total. The van der Waals surface area contributed by atoms with Crippen molar-refractivity contribution in [3.8, 4) is 0 Å². The minimum atomic E-state index is -0.289.